The lowest BCUT2D eigenvalue weighted by Gasteiger charge is -2.15. The molecule has 1 rings (SSSR count). The second kappa shape index (κ2) is 11.6. The Morgan fingerprint density at radius 3 is 2.44 bits per heavy atom. The SMILES string of the molecule is CCCCNCC(CC)CCc1ccccc1.Cl. The van der Waals surface area contributed by atoms with Gasteiger partial charge in [0.2, 0.25) is 0 Å². The standard InChI is InChI=1S/C16H27N.ClH/c1-3-5-13-17-14-15(4-2)11-12-16-9-7-6-8-10-16;/h6-10,15,17H,3-5,11-14H2,1-2H3;1H. The fourth-order valence-corrected chi connectivity index (χ4v) is 2.07. The molecule has 1 aromatic carbocycles. The van der Waals surface area contributed by atoms with Crippen molar-refractivity contribution in [1.82, 2.24) is 5.32 Å². The van der Waals surface area contributed by atoms with Gasteiger partial charge in [0, 0.05) is 0 Å². The highest BCUT2D eigenvalue weighted by Crippen LogP contribution is 2.12. The fraction of sp³-hybridized carbons (Fsp3) is 0.625. The van der Waals surface area contributed by atoms with E-state index in [0.29, 0.717) is 0 Å². The number of halogens is 1. The Labute approximate surface area is 119 Å². The number of benzene rings is 1. The summed E-state index contributed by atoms with van der Waals surface area (Å²) in [7, 11) is 0. The van der Waals surface area contributed by atoms with Crippen molar-refractivity contribution in [2.45, 2.75) is 46.0 Å². The van der Waals surface area contributed by atoms with Gasteiger partial charge in [-0.25, -0.2) is 0 Å². The average Bonchev–Trinajstić information content (AvgIpc) is 2.39. The summed E-state index contributed by atoms with van der Waals surface area (Å²) in [6, 6.07) is 10.8. The lowest BCUT2D eigenvalue weighted by Crippen LogP contribution is -2.23. The molecule has 0 amide bonds. The second-order valence-electron chi connectivity index (χ2n) is 4.86. The summed E-state index contributed by atoms with van der Waals surface area (Å²) in [5.41, 5.74) is 1.47. The first-order chi connectivity index (χ1) is 8.36. The fourth-order valence-electron chi connectivity index (χ4n) is 2.07. The molecule has 0 aliphatic carbocycles. The topological polar surface area (TPSA) is 12.0 Å². The van der Waals surface area contributed by atoms with Crippen LogP contribution in [0.4, 0.5) is 0 Å². The van der Waals surface area contributed by atoms with E-state index in [1.54, 1.807) is 0 Å². The summed E-state index contributed by atoms with van der Waals surface area (Å²) in [6.45, 7) is 6.91. The van der Waals surface area contributed by atoms with Gasteiger partial charge >= 0.3 is 0 Å². The Kier molecular flexibility index (Phi) is 11.2. The van der Waals surface area contributed by atoms with E-state index in [2.05, 4.69) is 49.5 Å². The Morgan fingerprint density at radius 2 is 1.83 bits per heavy atom. The van der Waals surface area contributed by atoms with Crippen molar-refractivity contribution in [2.24, 2.45) is 5.92 Å². The van der Waals surface area contributed by atoms with E-state index in [1.165, 1.54) is 50.8 Å². The Balaban J connectivity index is 0.00000289. The van der Waals surface area contributed by atoms with Crippen molar-refractivity contribution < 1.29 is 0 Å². The van der Waals surface area contributed by atoms with Crippen molar-refractivity contribution in [3.63, 3.8) is 0 Å². The molecule has 1 unspecified atom stereocenters. The lowest BCUT2D eigenvalue weighted by atomic mass is 9.97. The largest absolute Gasteiger partial charge is 0.316 e. The average molecular weight is 270 g/mol. The van der Waals surface area contributed by atoms with Gasteiger partial charge < -0.3 is 5.32 Å². The van der Waals surface area contributed by atoms with Gasteiger partial charge in [0.05, 0.1) is 0 Å². The molecule has 0 heterocycles. The van der Waals surface area contributed by atoms with Crippen LogP contribution in [0.2, 0.25) is 0 Å². The van der Waals surface area contributed by atoms with Gasteiger partial charge in [-0.05, 0) is 43.8 Å². The maximum atomic E-state index is 3.57. The van der Waals surface area contributed by atoms with Gasteiger partial charge in [-0.2, -0.15) is 0 Å². The van der Waals surface area contributed by atoms with Crippen LogP contribution in [-0.2, 0) is 6.42 Å². The molecular weight excluding hydrogens is 242 g/mol. The van der Waals surface area contributed by atoms with E-state index in [4.69, 9.17) is 0 Å². The first-order valence-electron chi connectivity index (χ1n) is 7.11. The molecule has 0 spiro atoms. The highest BCUT2D eigenvalue weighted by molar-refractivity contribution is 5.85. The predicted molar refractivity (Wildman–Crippen MR) is 83.6 cm³/mol. The third-order valence-electron chi connectivity index (χ3n) is 3.40. The highest BCUT2D eigenvalue weighted by atomic mass is 35.5. The Bertz CT molecular complexity index is 274. The van der Waals surface area contributed by atoms with Crippen molar-refractivity contribution >= 4 is 12.4 Å². The zero-order chi connectivity index (χ0) is 12.3. The quantitative estimate of drug-likeness (QED) is 0.653. The highest BCUT2D eigenvalue weighted by Gasteiger charge is 2.05. The molecule has 0 aliphatic heterocycles. The minimum absolute atomic E-state index is 0. The summed E-state index contributed by atoms with van der Waals surface area (Å²) in [4.78, 5) is 0. The maximum Gasteiger partial charge on any atom is -0.00205 e. The van der Waals surface area contributed by atoms with Crippen molar-refractivity contribution in [2.75, 3.05) is 13.1 Å². The van der Waals surface area contributed by atoms with Crippen molar-refractivity contribution in [1.29, 1.82) is 0 Å². The molecule has 0 aromatic heterocycles. The zero-order valence-electron chi connectivity index (χ0n) is 11.8. The molecule has 0 bridgehead atoms. The van der Waals surface area contributed by atoms with Crippen LogP contribution in [0.5, 0.6) is 0 Å². The van der Waals surface area contributed by atoms with Crippen molar-refractivity contribution in [3.8, 4) is 0 Å². The van der Waals surface area contributed by atoms with E-state index >= 15 is 0 Å². The van der Waals surface area contributed by atoms with Gasteiger partial charge in [-0.3, -0.25) is 0 Å². The summed E-state index contributed by atoms with van der Waals surface area (Å²) < 4.78 is 0. The van der Waals surface area contributed by atoms with Gasteiger partial charge in [-0.15, -0.1) is 12.4 Å². The molecule has 2 heteroatoms. The molecule has 0 radical (unpaired) electrons. The normalized spacial score (nSPS) is 11.9. The molecule has 18 heavy (non-hydrogen) atoms. The number of rotatable bonds is 9. The third-order valence-corrected chi connectivity index (χ3v) is 3.40. The molecule has 0 saturated carbocycles. The molecule has 0 fully saturated rings. The molecule has 1 nitrogen and oxygen atoms in total. The number of unbranched alkanes of at least 4 members (excludes halogenated alkanes) is 1. The number of aryl methyl sites for hydroxylation is 1. The Hall–Kier alpha value is -0.530. The van der Waals surface area contributed by atoms with Crippen LogP contribution in [0.3, 0.4) is 0 Å². The molecule has 1 N–H and O–H groups in total. The third kappa shape index (κ3) is 7.73. The van der Waals surface area contributed by atoms with Gasteiger partial charge in [0.15, 0.2) is 0 Å². The van der Waals surface area contributed by atoms with Crippen LogP contribution in [0, 0.1) is 5.92 Å². The van der Waals surface area contributed by atoms with Crippen LogP contribution in [-0.4, -0.2) is 13.1 Å². The van der Waals surface area contributed by atoms with E-state index in [-0.39, 0.29) is 12.4 Å². The van der Waals surface area contributed by atoms with E-state index in [0.717, 1.165) is 5.92 Å². The van der Waals surface area contributed by atoms with E-state index in [1.807, 2.05) is 0 Å². The minimum atomic E-state index is 0. The monoisotopic (exact) mass is 269 g/mol. The predicted octanol–water partition coefficient (Wildman–Crippen LogP) is 4.46. The van der Waals surface area contributed by atoms with E-state index in [9.17, 15) is 0 Å². The van der Waals surface area contributed by atoms with Gasteiger partial charge in [-0.1, -0.05) is 57.0 Å². The first kappa shape index (κ1) is 17.5. The molecular formula is C16H28ClN. The number of nitrogens with one attached hydrogen (secondary N) is 1. The molecule has 0 saturated heterocycles. The van der Waals surface area contributed by atoms with Gasteiger partial charge in [0.25, 0.3) is 0 Å². The minimum Gasteiger partial charge on any atom is -0.316 e. The molecule has 1 aromatic rings. The maximum absolute atomic E-state index is 3.57. The van der Waals surface area contributed by atoms with Crippen LogP contribution >= 0.6 is 12.4 Å². The Morgan fingerprint density at radius 1 is 1.11 bits per heavy atom. The first-order valence-corrected chi connectivity index (χ1v) is 7.11. The summed E-state index contributed by atoms with van der Waals surface area (Å²) >= 11 is 0. The zero-order valence-corrected chi connectivity index (χ0v) is 12.6. The van der Waals surface area contributed by atoms with Crippen LogP contribution < -0.4 is 5.32 Å². The summed E-state index contributed by atoms with van der Waals surface area (Å²) in [5, 5.41) is 3.57. The number of hydrogen-bond acceptors (Lipinski definition) is 1. The lowest BCUT2D eigenvalue weighted by molar-refractivity contribution is 0.431. The molecule has 1 atom stereocenters. The molecule has 104 valence electrons. The smallest absolute Gasteiger partial charge is 0.00205 e. The number of hydrogen-bond donors (Lipinski definition) is 1. The molecule has 0 aliphatic rings. The van der Waals surface area contributed by atoms with Gasteiger partial charge in [0.1, 0.15) is 0 Å². The van der Waals surface area contributed by atoms with Crippen LogP contribution in [0.1, 0.15) is 45.1 Å². The second-order valence-corrected chi connectivity index (χ2v) is 4.86. The summed E-state index contributed by atoms with van der Waals surface area (Å²) in [6.07, 6.45) is 6.39. The van der Waals surface area contributed by atoms with Crippen LogP contribution in [0.15, 0.2) is 30.3 Å². The van der Waals surface area contributed by atoms with Crippen LogP contribution in [0.25, 0.3) is 0 Å². The van der Waals surface area contributed by atoms with E-state index < -0.39 is 0 Å². The van der Waals surface area contributed by atoms with Crippen molar-refractivity contribution in [3.05, 3.63) is 35.9 Å². The summed E-state index contributed by atoms with van der Waals surface area (Å²) in [5.74, 6) is 0.826.